The van der Waals surface area contributed by atoms with Crippen molar-refractivity contribution >= 4 is 23.2 Å². The number of halogens is 2. The van der Waals surface area contributed by atoms with E-state index in [2.05, 4.69) is 13.2 Å². The molecule has 0 aromatic carbocycles. The molecular weight excluding hydrogens is 183 g/mol. The van der Waals surface area contributed by atoms with Crippen molar-refractivity contribution in [2.45, 2.75) is 13.0 Å². The summed E-state index contributed by atoms with van der Waals surface area (Å²) in [5, 5.41) is 9.66. The van der Waals surface area contributed by atoms with Crippen molar-refractivity contribution < 1.29 is 5.11 Å². The van der Waals surface area contributed by atoms with Crippen LogP contribution in [0.1, 0.15) is 6.92 Å². The van der Waals surface area contributed by atoms with Crippen LogP contribution in [0.25, 0.3) is 0 Å². The quantitative estimate of drug-likeness (QED) is 0.683. The summed E-state index contributed by atoms with van der Waals surface area (Å²) in [6.45, 7) is 8.55. The zero-order valence-corrected chi connectivity index (χ0v) is 7.78. The van der Waals surface area contributed by atoms with E-state index in [-0.39, 0.29) is 0 Å². The molecule has 0 aliphatic carbocycles. The molecule has 1 nitrogen and oxygen atoms in total. The lowest BCUT2D eigenvalue weighted by Gasteiger charge is -2.05. The first-order chi connectivity index (χ1) is 4.95. The molecule has 0 spiro atoms. The maximum Gasteiger partial charge on any atom is 0.0770 e. The molecule has 0 amide bonds. The summed E-state index contributed by atoms with van der Waals surface area (Å²) in [6.07, 6.45) is 0.785. The van der Waals surface area contributed by atoms with Crippen LogP contribution in [0.3, 0.4) is 0 Å². The van der Waals surface area contributed by atoms with Crippen LogP contribution in [0.5, 0.6) is 0 Å². The summed E-state index contributed by atoms with van der Waals surface area (Å²) in [6, 6.07) is 0. The van der Waals surface area contributed by atoms with Crippen LogP contribution in [0.4, 0.5) is 0 Å². The van der Waals surface area contributed by atoms with Gasteiger partial charge in [-0.05, 0) is 18.6 Å². The Morgan fingerprint density at radius 2 is 1.91 bits per heavy atom. The van der Waals surface area contributed by atoms with Gasteiger partial charge in [0.1, 0.15) is 0 Å². The lowest BCUT2D eigenvalue weighted by molar-refractivity contribution is 0.235. The molecule has 0 aliphatic rings. The second-order valence-corrected chi connectivity index (χ2v) is 3.03. The third kappa shape index (κ3) is 4.25. The molecule has 1 unspecified atom stereocenters. The maximum atomic E-state index is 9.01. The van der Waals surface area contributed by atoms with Crippen LogP contribution < -0.4 is 0 Å². The van der Waals surface area contributed by atoms with Gasteiger partial charge in [0.2, 0.25) is 0 Å². The zero-order chi connectivity index (χ0) is 9.02. The van der Waals surface area contributed by atoms with E-state index in [0.29, 0.717) is 15.6 Å². The molecule has 0 fully saturated rings. The molecule has 0 rings (SSSR count). The van der Waals surface area contributed by atoms with E-state index in [1.807, 2.05) is 0 Å². The minimum absolute atomic E-state index is 0.316. The average molecular weight is 193 g/mol. The van der Waals surface area contributed by atoms with Crippen molar-refractivity contribution in [2.24, 2.45) is 0 Å². The standard InChI is InChI=1S/C8H10Cl2O/c1-5(9)4-8(10)6(2)7(3)11/h4,7,11H,1-2H2,3H3/b8-4+. The highest BCUT2D eigenvalue weighted by Gasteiger charge is 2.05. The Labute approximate surface area is 76.6 Å². The second-order valence-electron chi connectivity index (χ2n) is 2.14. The normalized spacial score (nSPS) is 14.4. The first-order valence-electron chi connectivity index (χ1n) is 3.04. The number of hydrogen-bond acceptors (Lipinski definition) is 1. The minimum Gasteiger partial charge on any atom is -0.389 e. The molecule has 0 aliphatic heterocycles. The number of allylic oxidation sites excluding steroid dienone is 2. The lowest BCUT2D eigenvalue weighted by Crippen LogP contribution is -2.02. The van der Waals surface area contributed by atoms with Crippen molar-refractivity contribution in [1.82, 2.24) is 0 Å². The van der Waals surface area contributed by atoms with Gasteiger partial charge < -0.3 is 5.11 Å². The molecule has 0 aromatic rings. The van der Waals surface area contributed by atoms with Crippen molar-refractivity contribution in [3.05, 3.63) is 34.9 Å². The van der Waals surface area contributed by atoms with Crippen molar-refractivity contribution in [3.63, 3.8) is 0 Å². The second kappa shape index (κ2) is 4.60. The number of aliphatic hydroxyl groups excluding tert-OH is 1. The Bertz CT molecular complexity index is 204. The van der Waals surface area contributed by atoms with Gasteiger partial charge in [0.15, 0.2) is 0 Å². The summed E-state index contributed by atoms with van der Waals surface area (Å²) in [7, 11) is 0. The first kappa shape index (κ1) is 10.8. The fourth-order valence-electron chi connectivity index (χ4n) is 0.430. The monoisotopic (exact) mass is 192 g/mol. The summed E-state index contributed by atoms with van der Waals surface area (Å²) in [5.41, 5.74) is 0.438. The number of rotatable bonds is 3. The molecule has 62 valence electrons. The van der Waals surface area contributed by atoms with Gasteiger partial charge in [-0.15, -0.1) is 0 Å². The Morgan fingerprint density at radius 3 is 2.18 bits per heavy atom. The van der Waals surface area contributed by atoms with Gasteiger partial charge in [-0.1, -0.05) is 36.4 Å². The van der Waals surface area contributed by atoms with E-state index >= 15 is 0 Å². The Balaban J connectivity index is 4.36. The average Bonchev–Trinajstić information content (AvgIpc) is 1.84. The van der Waals surface area contributed by atoms with Gasteiger partial charge in [0.25, 0.3) is 0 Å². The smallest absolute Gasteiger partial charge is 0.0770 e. The van der Waals surface area contributed by atoms with Crippen LogP contribution in [0, 0.1) is 0 Å². The topological polar surface area (TPSA) is 20.2 Å². The van der Waals surface area contributed by atoms with Gasteiger partial charge in [-0.25, -0.2) is 0 Å². The minimum atomic E-state index is -0.658. The van der Waals surface area contributed by atoms with Gasteiger partial charge >= 0.3 is 0 Å². The van der Waals surface area contributed by atoms with Crippen molar-refractivity contribution in [1.29, 1.82) is 0 Å². The van der Waals surface area contributed by atoms with Crippen LogP contribution in [-0.2, 0) is 0 Å². The van der Waals surface area contributed by atoms with Crippen LogP contribution in [0.15, 0.2) is 34.9 Å². The molecule has 11 heavy (non-hydrogen) atoms. The highest BCUT2D eigenvalue weighted by molar-refractivity contribution is 6.35. The zero-order valence-electron chi connectivity index (χ0n) is 6.27. The maximum absolute atomic E-state index is 9.01. The fourth-order valence-corrected chi connectivity index (χ4v) is 0.884. The molecule has 0 radical (unpaired) electrons. The summed E-state index contributed by atoms with van der Waals surface area (Å²) >= 11 is 11.1. The number of aliphatic hydroxyl groups is 1. The molecule has 1 atom stereocenters. The molecule has 0 heterocycles. The van der Waals surface area contributed by atoms with E-state index in [1.165, 1.54) is 6.08 Å². The molecule has 0 bridgehead atoms. The molecule has 0 saturated heterocycles. The first-order valence-corrected chi connectivity index (χ1v) is 3.79. The highest BCUT2D eigenvalue weighted by atomic mass is 35.5. The van der Waals surface area contributed by atoms with Crippen LogP contribution >= 0.6 is 23.2 Å². The van der Waals surface area contributed by atoms with Gasteiger partial charge in [-0.3, -0.25) is 0 Å². The van der Waals surface area contributed by atoms with Crippen LogP contribution in [-0.4, -0.2) is 11.2 Å². The van der Waals surface area contributed by atoms with Crippen LogP contribution in [0.2, 0.25) is 0 Å². The van der Waals surface area contributed by atoms with Gasteiger partial charge in [-0.2, -0.15) is 0 Å². The van der Waals surface area contributed by atoms with E-state index < -0.39 is 6.10 Å². The van der Waals surface area contributed by atoms with Gasteiger partial charge in [0.05, 0.1) is 6.10 Å². The van der Waals surface area contributed by atoms with Gasteiger partial charge in [0, 0.05) is 10.1 Å². The molecule has 0 saturated carbocycles. The van der Waals surface area contributed by atoms with E-state index in [9.17, 15) is 0 Å². The third-order valence-electron chi connectivity index (χ3n) is 1.09. The highest BCUT2D eigenvalue weighted by Crippen LogP contribution is 2.18. The predicted molar refractivity (Wildman–Crippen MR) is 49.7 cm³/mol. The summed E-state index contributed by atoms with van der Waals surface area (Å²) in [4.78, 5) is 0. The Morgan fingerprint density at radius 1 is 1.45 bits per heavy atom. The molecule has 0 aromatic heterocycles. The molecule has 1 N–H and O–H groups in total. The summed E-state index contributed by atoms with van der Waals surface area (Å²) in [5.74, 6) is 0. The van der Waals surface area contributed by atoms with Crippen molar-refractivity contribution in [3.8, 4) is 0 Å². The SMILES string of the molecule is C=C(Cl)/C=C(/Cl)C(=C)C(C)O. The van der Waals surface area contributed by atoms with E-state index in [0.717, 1.165) is 0 Å². The largest absolute Gasteiger partial charge is 0.389 e. The fraction of sp³-hybridized carbons (Fsp3) is 0.250. The Hall–Kier alpha value is -0.240. The third-order valence-corrected chi connectivity index (χ3v) is 1.56. The predicted octanol–water partition coefficient (Wildman–Crippen LogP) is 2.80. The Kier molecular flexibility index (Phi) is 4.50. The molecular formula is C8H10Cl2O. The number of hydrogen-bond donors (Lipinski definition) is 1. The van der Waals surface area contributed by atoms with E-state index in [4.69, 9.17) is 28.3 Å². The summed E-state index contributed by atoms with van der Waals surface area (Å²) < 4.78 is 0. The molecule has 3 heteroatoms. The van der Waals surface area contributed by atoms with E-state index in [1.54, 1.807) is 6.92 Å². The van der Waals surface area contributed by atoms with Crippen molar-refractivity contribution in [2.75, 3.05) is 0 Å². The lowest BCUT2D eigenvalue weighted by atomic mass is 10.2.